The van der Waals surface area contributed by atoms with Crippen LogP contribution in [0, 0.1) is 16.0 Å². The molecule has 62 heavy (non-hydrogen) atoms. The number of benzene rings is 2. The van der Waals surface area contributed by atoms with E-state index in [0.29, 0.717) is 5.56 Å². The van der Waals surface area contributed by atoms with Gasteiger partial charge in [-0.05, 0) is 63.1 Å². The van der Waals surface area contributed by atoms with Crippen LogP contribution < -0.4 is 10.6 Å². The van der Waals surface area contributed by atoms with E-state index < -0.39 is 119 Å². The van der Waals surface area contributed by atoms with Gasteiger partial charge in [0.25, 0.3) is 5.69 Å². The Bertz CT molecular complexity index is 2340. The van der Waals surface area contributed by atoms with Crippen LogP contribution in [-0.2, 0) is 74.0 Å². The molecule has 0 radical (unpaired) electrons. The number of nitrogens with zero attached hydrogens (tertiary/aromatic N) is 3. The summed E-state index contributed by atoms with van der Waals surface area (Å²) < 4.78 is 37.9. The van der Waals surface area contributed by atoms with E-state index in [-0.39, 0.29) is 30.0 Å². The molecule has 2 aromatic carbocycles. The smallest absolute Gasteiger partial charge is 0.408 e. The van der Waals surface area contributed by atoms with E-state index in [0.717, 1.165) is 28.7 Å². The first-order valence-corrected chi connectivity index (χ1v) is 20.9. The summed E-state index contributed by atoms with van der Waals surface area (Å²) in [5.74, 6) is -9.79. The number of sulfone groups is 1. The van der Waals surface area contributed by atoms with Crippen molar-refractivity contribution in [2.45, 2.75) is 85.1 Å². The molecule has 4 aliphatic heterocycles. The number of amides is 4. The molecule has 6 rings (SSSR count). The van der Waals surface area contributed by atoms with Gasteiger partial charge in [0.05, 0.1) is 18.5 Å². The van der Waals surface area contributed by atoms with Gasteiger partial charge in [0.1, 0.15) is 52.6 Å². The van der Waals surface area contributed by atoms with E-state index in [1.54, 1.807) is 13.8 Å². The summed E-state index contributed by atoms with van der Waals surface area (Å²) in [6.07, 6.45) is -1.41. The van der Waals surface area contributed by atoms with Crippen molar-refractivity contribution in [1.82, 2.24) is 20.4 Å². The van der Waals surface area contributed by atoms with E-state index in [1.165, 1.54) is 62.4 Å². The lowest BCUT2D eigenvalue weighted by atomic mass is 9.95. The van der Waals surface area contributed by atoms with Gasteiger partial charge >= 0.3 is 30.0 Å². The maximum Gasteiger partial charge on any atom is 0.408 e. The first-order valence-electron chi connectivity index (χ1n) is 18.5. The number of non-ortho nitro benzene ring substituents is 1. The first-order chi connectivity index (χ1) is 29.0. The number of hydrogen-bond donors (Lipinski definition) is 3. The normalized spacial score (nSPS) is 24.4. The minimum atomic E-state index is -4.01. The fourth-order valence-electron chi connectivity index (χ4n) is 7.37. The third-order valence-electron chi connectivity index (χ3n) is 10.8. The van der Waals surface area contributed by atoms with Crippen LogP contribution in [0.5, 0.6) is 5.75 Å². The van der Waals surface area contributed by atoms with Crippen molar-refractivity contribution < 1.29 is 80.8 Å². The lowest BCUT2D eigenvalue weighted by Gasteiger charge is -2.44. The van der Waals surface area contributed by atoms with Gasteiger partial charge in [-0.25, -0.2) is 37.4 Å². The number of hydrogen-bond acceptors (Lipinski definition) is 19. The average Bonchev–Trinajstić information content (AvgIpc) is 3.54. The first kappa shape index (κ1) is 45.0. The number of esters is 2. The van der Waals surface area contributed by atoms with Gasteiger partial charge in [0.15, 0.2) is 21.8 Å². The van der Waals surface area contributed by atoms with Crippen LogP contribution in [0.1, 0.15) is 51.3 Å². The largest absolute Gasteiger partial charge is 0.508 e. The predicted octanol–water partition coefficient (Wildman–Crippen LogP) is 0.283. The van der Waals surface area contributed by atoms with Gasteiger partial charge in [-0.1, -0.05) is 12.1 Å². The molecule has 4 fully saturated rings. The zero-order valence-corrected chi connectivity index (χ0v) is 35.0. The number of thioether (sulfide) groups is 1. The number of nitro groups is 1. The molecule has 4 aliphatic rings. The molecular weight excluding hydrogens is 867 g/mol. The maximum atomic E-state index is 13.7. The molecule has 0 aliphatic carbocycles. The topological polar surface area (TPSA) is 311 Å². The summed E-state index contributed by atoms with van der Waals surface area (Å²) in [7, 11) is -3.11. The average molecular weight is 906 g/mol. The summed E-state index contributed by atoms with van der Waals surface area (Å²) >= 11 is 1.11. The summed E-state index contributed by atoms with van der Waals surface area (Å²) in [5.41, 5.74) is 0.408. The molecular formula is C37H39N5O18S2. The summed E-state index contributed by atoms with van der Waals surface area (Å²) in [4.78, 5) is 126. The second-order valence-electron chi connectivity index (χ2n) is 15.4. The van der Waals surface area contributed by atoms with Crippen molar-refractivity contribution in [3.8, 4) is 5.75 Å². The lowest BCUT2D eigenvalue weighted by Crippen LogP contribution is -2.71. The molecule has 23 nitrogen and oxygen atoms in total. The van der Waals surface area contributed by atoms with Gasteiger partial charge in [-0.2, -0.15) is 0 Å². The molecule has 0 spiro atoms. The van der Waals surface area contributed by atoms with E-state index in [4.69, 9.17) is 9.47 Å². The molecule has 0 saturated carbocycles. The van der Waals surface area contributed by atoms with Crippen LogP contribution in [0.2, 0.25) is 0 Å². The molecule has 3 N–H and O–H groups in total. The van der Waals surface area contributed by atoms with Crippen molar-refractivity contribution in [2.24, 2.45) is 5.92 Å². The Labute approximate surface area is 355 Å². The number of methoxy groups -OCH3 is 1. The molecule has 4 heterocycles. The Hall–Kier alpha value is -6.50. The van der Waals surface area contributed by atoms with Crippen molar-refractivity contribution in [2.75, 3.05) is 13.7 Å². The number of rotatable bonds is 13. The highest BCUT2D eigenvalue weighted by Crippen LogP contribution is 2.51. The fraction of sp³-hybridized carbons (Fsp3) is 0.459. The van der Waals surface area contributed by atoms with E-state index >= 15 is 0 Å². The van der Waals surface area contributed by atoms with Crippen molar-refractivity contribution in [1.29, 1.82) is 0 Å². The summed E-state index contributed by atoms with van der Waals surface area (Å²) in [6, 6.07) is 4.70. The molecule has 7 atom stereocenters. The van der Waals surface area contributed by atoms with Gasteiger partial charge in [0.2, 0.25) is 17.7 Å². The molecule has 4 saturated heterocycles. The van der Waals surface area contributed by atoms with Crippen molar-refractivity contribution >= 4 is 75.0 Å². The number of aromatic hydroxyl groups is 1. The summed E-state index contributed by atoms with van der Waals surface area (Å²) in [6.45, 7) is 4.25. The third-order valence-corrected chi connectivity index (χ3v) is 15.2. The molecule has 2 unspecified atom stereocenters. The van der Waals surface area contributed by atoms with E-state index in [9.17, 15) is 62.0 Å². The Morgan fingerprint density at radius 3 is 2.16 bits per heavy atom. The zero-order valence-electron chi connectivity index (χ0n) is 33.3. The highest BCUT2D eigenvalue weighted by Gasteiger charge is 2.69. The number of carbonyl (C=O) groups excluding carboxylic acids is 8. The zero-order chi connectivity index (χ0) is 45.6. The number of β-lactam (4-membered cyclic amide) rings is 2. The monoisotopic (exact) mass is 905 g/mol. The van der Waals surface area contributed by atoms with Crippen LogP contribution in [0.4, 0.5) is 10.5 Å². The van der Waals surface area contributed by atoms with E-state index in [2.05, 4.69) is 25.1 Å². The van der Waals surface area contributed by atoms with Crippen LogP contribution >= 0.6 is 11.8 Å². The van der Waals surface area contributed by atoms with Crippen LogP contribution in [0.25, 0.3) is 0 Å². The SMILES string of the molecule is COC(=O)C(COC(=O)[C@@H]1N2C(=O)[C@@H](NC(=O)C(NC(=O)OCc3ccc([N+](=O)[O-])cc3)c3ccc(O)cc3)[C@H]2SC1(C)C)C(=O)OOC(=O)[C@@H]1N2C(=O)C[C@H]2S(=O)(=O)C1(C)C. The number of alkyl carbamates (subject to hydrolysis) is 1. The predicted molar refractivity (Wildman–Crippen MR) is 206 cm³/mol. The molecule has 332 valence electrons. The van der Waals surface area contributed by atoms with Crippen LogP contribution in [0.3, 0.4) is 0 Å². The number of carbonyl (C=O) groups is 8. The van der Waals surface area contributed by atoms with Crippen LogP contribution in [-0.4, -0.2) is 128 Å². The van der Waals surface area contributed by atoms with E-state index in [1.807, 2.05) is 0 Å². The highest BCUT2D eigenvalue weighted by molar-refractivity contribution is 8.01. The number of ether oxygens (including phenoxy) is 3. The van der Waals surface area contributed by atoms with Gasteiger partial charge in [-0.3, -0.25) is 29.3 Å². The lowest BCUT2D eigenvalue weighted by molar-refractivity contribution is -0.384. The number of phenols is 1. The second kappa shape index (κ2) is 16.8. The fourth-order valence-corrected chi connectivity index (χ4v) is 11.1. The van der Waals surface area contributed by atoms with Gasteiger partial charge in [-0.15, -0.1) is 11.8 Å². The second-order valence-corrected chi connectivity index (χ2v) is 19.9. The Kier molecular flexibility index (Phi) is 12.2. The standard InChI is InChI=1S/C37H39N5O18S2/c1-36(2)26(33(49)57-16-21(31(47)56-5)32(48)59-60-34(50)27-37(3,4)62(54,55)23-14-22(44)40(23)27)41-29(46)25(30(41)61-36)38-28(45)24(18-8-12-20(43)13-9-18)39-35(51)58-15-17-6-10-19(11-7-17)42(52)53/h6-13,21,23-27,30,43H,14-16H2,1-5H3,(H,38,45)(H,39,51)/t21?,23-,24?,25-,26+,27+,30-/m1/s1. The molecule has 4 amide bonds. The molecule has 2 aromatic rings. The minimum Gasteiger partial charge on any atom is -0.508 e. The number of fused-ring (bicyclic) bond motifs is 2. The van der Waals surface area contributed by atoms with Crippen LogP contribution in [0.15, 0.2) is 48.5 Å². The quantitative estimate of drug-likeness (QED) is 0.0462. The van der Waals surface area contributed by atoms with Crippen molar-refractivity contribution in [3.63, 3.8) is 0 Å². The van der Waals surface area contributed by atoms with Crippen molar-refractivity contribution in [3.05, 3.63) is 69.8 Å². The Morgan fingerprint density at radius 1 is 0.919 bits per heavy atom. The van der Waals surface area contributed by atoms with Gasteiger partial charge in [0, 0.05) is 16.9 Å². The Morgan fingerprint density at radius 2 is 1.56 bits per heavy atom. The highest BCUT2D eigenvalue weighted by atomic mass is 32.2. The number of phenolic OH excluding ortho intramolecular Hbond substituents is 1. The number of nitrogens with one attached hydrogen (secondary N) is 2. The third kappa shape index (κ3) is 8.15. The summed E-state index contributed by atoms with van der Waals surface area (Å²) in [5, 5.41) is 23.6. The van der Waals surface area contributed by atoms with Gasteiger partial charge < -0.3 is 39.8 Å². The molecule has 0 aromatic heterocycles. The Balaban J connectivity index is 1.07. The maximum absolute atomic E-state index is 13.7. The molecule has 0 bridgehead atoms. The molecule has 25 heteroatoms. The minimum absolute atomic E-state index is 0.147. The number of nitro benzene ring substituents is 1.